The van der Waals surface area contributed by atoms with Crippen LogP contribution in [0.2, 0.25) is 0 Å². The van der Waals surface area contributed by atoms with Gasteiger partial charge in [0.15, 0.2) is 0 Å². The second-order valence-electron chi connectivity index (χ2n) is 7.68. The summed E-state index contributed by atoms with van der Waals surface area (Å²) in [6.07, 6.45) is -2.62. The van der Waals surface area contributed by atoms with Crippen molar-refractivity contribution in [3.8, 4) is 0 Å². The van der Waals surface area contributed by atoms with Crippen molar-refractivity contribution in [3.63, 3.8) is 0 Å². The lowest BCUT2D eigenvalue weighted by atomic mass is 10.0. The predicted molar refractivity (Wildman–Crippen MR) is 106 cm³/mol. The molecule has 30 heavy (non-hydrogen) atoms. The van der Waals surface area contributed by atoms with Gasteiger partial charge in [0.1, 0.15) is 5.70 Å². The van der Waals surface area contributed by atoms with Crippen molar-refractivity contribution in [1.29, 1.82) is 0 Å². The molecule has 0 radical (unpaired) electrons. The van der Waals surface area contributed by atoms with Crippen LogP contribution >= 0.6 is 0 Å². The fourth-order valence-electron chi connectivity index (χ4n) is 3.95. The SMILES string of the molecule is Cc1ccc(C2=C(N3CCCC3)C(=O)N(Cc3cccc(C(F)(F)F)c3)C2=O)cc1. The highest BCUT2D eigenvalue weighted by atomic mass is 19.4. The van der Waals surface area contributed by atoms with Crippen LogP contribution in [0.15, 0.2) is 54.2 Å². The Bertz CT molecular complexity index is 1020. The molecule has 0 N–H and O–H groups in total. The molecule has 0 aromatic heterocycles. The molecule has 0 spiro atoms. The number of benzene rings is 2. The third-order valence-electron chi connectivity index (χ3n) is 5.50. The van der Waals surface area contributed by atoms with Crippen molar-refractivity contribution < 1.29 is 22.8 Å². The van der Waals surface area contributed by atoms with Gasteiger partial charge in [-0.2, -0.15) is 13.2 Å². The molecule has 2 aliphatic heterocycles. The van der Waals surface area contributed by atoms with Crippen molar-refractivity contribution in [2.45, 2.75) is 32.5 Å². The van der Waals surface area contributed by atoms with Gasteiger partial charge in [-0.05, 0) is 43.0 Å². The Morgan fingerprint density at radius 1 is 0.933 bits per heavy atom. The molecule has 0 aliphatic carbocycles. The molecule has 0 unspecified atom stereocenters. The zero-order valence-corrected chi connectivity index (χ0v) is 16.5. The molecule has 2 aliphatic rings. The Morgan fingerprint density at radius 3 is 2.23 bits per heavy atom. The quantitative estimate of drug-likeness (QED) is 0.697. The van der Waals surface area contributed by atoms with Gasteiger partial charge in [0.05, 0.1) is 17.7 Å². The average molecular weight is 414 g/mol. The van der Waals surface area contributed by atoms with Crippen LogP contribution in [-0.4, -0.2) is 34.7 Å². The van der Waals surface area contributed by atoms with E-state index in [2.05, 4.69) is 0 Å². The second-order valence-corrected chi connectivity index (χ2v) is 7.68. The van der Waals surface area contributed by atoms with Gasteiger partial charge in [0.2, 0.25) is 0 Å². The lowest BCUT2D eigenvalue weighted by molar-refractivity contribution is -0.138. The number of rotatable bonds is 4. The van der Waals surface area contributed by atoms with Crippen LogP contribution in [0.1, 0.15) is 35.1 Å². The lowest BCUT2D eigenvalue weighted by Gasteiger charge is -2.20. The number of carbonyl (C=O) groups excluding carboxylic acids is 2. The van der Waals surface area contributed by atoms with Gasteiger partial charge in [-0.25, -0.2) is 0 Å². The molecule has 7 heteroatoms. The number of aryl methyl sites for hydroxylation is 1. The number of likely N-dealkylation sites (tertiary alicyclic amines) is 1. The third kappa shape index (κ3) is 3.72. The molecule has 1 saturated heterocycles. The number of carbonyl (C=O) groups is 2. The molecular formula is C23H21F3N2O2. The minimum absolute atomic E-state index is 0.200. The molecule has 1 fully saturated rings. The minimum Gasteiger partial charge on any atom is -0.366 e. The first-order valence-corrected chi connectivity index (χ1v) is 9.84. The van der Waals surface area contributed by atoms with Crippen LogP contribution < -0.4 is 0 Å². The van der Waals surface area contributed by atoms with Crippen LogP contribution in [-0.2, 0) is 22.3 Å². The van der Waals surface area contributed by atoms with E-state index >= 15 is 0 Å². The first-order valence-electron chi connectivity index (χ1n) is 9.84. The summed E-state index contributed by atoms with van der Waals surface area (Å²) in [5.41, 5.74) is 1.82. The molecule has 2 aromatic carbocycles. The largest absolute Gasteiger partial charge is 0.416 e. The molecule has 4 rings (SSSR count). The van der Waals surface area contributed by atoms with Crippen molar-refractivity contribution in [3.05, 3.63) is 76.5 Å². The van der Waals surface area contributed by atoms with E-state index in [9.17, 15) is 22.8 Å². The van der Waals surface area contributed by atoms with Gasteiger partial charge in [-0.1, -0.05) is 42.0 Å². The van der Waals surface area contributed by atoms with E-state index in [1.165, 1.54) is 12.1 Å². The highest BCUT2D eigenvalue weighted by Crippen LogP contribution is 2.35. The minimum atomic E-state index is -4.49. The number of halogens is 3. The van der Waals surface area contributed by atoms with Crippen molar-refractivity contribution >= 4 is 17.4 Å². The molecule has 0 saturated carbocycles. The second kappa shape index (κ2) is 7.63. The summed E-state index contributed by atoms with van der Waals surface area (Å²) in [5, 5.41) is 0. The van der Waals surface area contributed by atoms with Gasteiger partial charge in [-0.15, -0.1) is 0 Å². The van der Waals surface area contributed by atoms with Crippen LogP contribution in [0.4, 0.5) is 13.2 Å². The van der Waals surface area contributed by atoms with Crippen LogP contribution in [0, 0.1) is 6.92 Å². The number of amides is 2. The number of nitrogens with zero attached hydrogens (tertiary/aromatic N) is 2. The topological polar surface area (TPSA) is 40.6 Å². The molecule has 4 nitrogen and oxygen atoms in total. The predicted octanol–water partition coefficient (Wildman–Crippen LogP) is 4.39. The van der Waals surface area contributed by atoms with E-state index in [1.54, 1.807) is 12.1 Å². The maximum Gasteiger partial charge on any atom is 0.416 e. The Labute approximate surface area is 172 Å². The third-order valence-corrected chi connectivity index (χ3v) is 5.50. The number of hydrogen-bond donors (Lipinski definition) is 0. The number of alkyl halides is 3. The van der Waals surface area contributed by atoms with Crippen molar-refractivity contribution in [2.24, 2.45) is 0 Å². The smallest absolute Gasteiger partial charge is 0.366 e. The van der Waals surface area contributed by atoms with E-state index in [4.69, 9.17) is 0 Å². The fraction of sp³-hybridized carbons (Fsp3) is 0.304. The maximum absolute atomic E-state index is 13.3. The first-order chi connectivity index (χ1) is 14.3. The maximum atomic E-state index is 13.3. The summed E-state index contributed by atoms with van der Waals surface area (Å²) in [7, 11) is 0. The first kappa shape index (κ1) is 20.2. The summed E-state index contributed by atoms with van der Waals surface area (Å²) in [6.45, 7) is 3.09. The molecule has 0 atom stereocenters. The Hall–Kier alpha value is -3.09. The molecule has 2 amide bonds. The highest BCUT2D eigenvalue weighted by molar-refractivity contribution is 6.35. The van der Waals surface area contributed by atoms with Crippen LogP contribution in [0.3, 0.4) is 0 Å². The Kier molecular flexibility index (Phi) is 5.13. The van der Waals surface area contributed by atoms with E-state index in [0.717, 1.165) is 35.4 Å². The van der Waals surface area contributed by atoms with E-state index in [1.807, 2.05) is 24.0 Å². The van der Waals surface area contributed by atoms with E-state index < -0.39 is 23.6 Å². The molecule has 0 bridgehead atoms. The van der Waals surface area contributed by atoms with Crippen molar-refractivity contribution in [2.75, 3.05) is 13.1 Å². The molecule has 2 aromatic rings. The lowest BCUT2D eigenvalue weighted by Crippen LogP contribution is -2.34. The zero-order valence-electron chi connectivity index (χ0n) is 16.5. The fourth-order valence-corrected chi connectivity index (χ4v) is 3.95. The van der Waals surface area contributed by atoms with E-state index in [0.29, 0.717) is 29.9 Å². The zero-order chi connectivity index (χ0) is 21.5. The monoisotopic (exact) mass is 414 g/mol. The molecular weight excluding hydrogens is 393 g/mol. The number of imide groups is 1. The van der Waals surface area contributed by atoms with Gasteiger partial charge >= 0.3 is 6.18 Å². The van der Waals surface area contributed by atoms with Gasteiger partial charge in [0.25, 0.3) is 11.8 Å². The van der Waals surface area contributed by atoms with Crippen LogP contribution in [0.5, 0.6) is 0 Å². The molecule has 2 heterocycles. The van der Waals surface area contributed by atoms with Gasteiger partial charge < -0.3 is 4.90 Å². The normalized spacial score (nSPS) is 17.5. The highest BCUT2D eigenvalue weighted by Gasteiger charge is 2.42. The average Bonchev–Trinajstić information content (AvgIpc) is 3.31. The van der Waals surface area contributed by atoms with E-state index in [-0.39, 0.29) is 12.1 Å². The molecule has 156 valence electrons. The van der Waals surface area contributed by atoms with Crippen molar-refractivity contribution in [1.82, 2.24) is 9.80 Å². The van der Waals surface area contributed by atoms with Gasteiger partial charge in [0, 0.05) is 13.1 Å². The summed E-state index contributed by atoms with van der Waals surface area (Å²) in [6, 6.07) is 12.1. The van der Waals surface area contributed by atoms with Crippen LogP contribution in [0.25, 0.3) is 5.57 Å². The summed E-state index contributed by atoms with van der Waals surface area (Å²) in [5.74, 6) is -0.918. The Morgan fingerprint density at radius 2 is 1.60 bits per heavy atom. The van der Waals surface area contributed by atoms with Gasteiger partial charge in [-0.3, -0.25) is 14.5 Å². The Balaban J connectivity index is 1.70. The summed E-state index contributed by atoms with van der Waals surface area (Å²) < 4.78 is 39.2. The standard InChI is InChI=1S/C23H21F3N2O2/c1-15-7-9-17(10-8-15)19-20(27-11-2-3-12-27)22(30)28(21(19)29)14-16-5-4-6-18(13-16)23(24,25)26/h4-10,13H,2-3,11-12,14H2,1H3. The summed E-state index contributed by atoms with van der Waals surface area (Å²) >= 11 is 0. The number of hydrogen-bond acceptors (Lipinski definition) is 3. The summed E-state index contributed by atoms with van der Waals surface area (Å²) in [4.78, 5) is 29.4.